The van der Waals surface area contributed by atoms with E-state index in [1.807, 2.05) is 0 Å². The lowest BCUT2D eigenvalue weighted by atomic mass is 10.1. The van der Waals surface area contributed by atoms with E-state index in [0.717, 1.165) is 0 Å². The third-order valence-corrected chi connectivity index (χ3v) is 4.13. The van der Waals surface area contributed by atoms with Crippen molar-refractivity contribution in [1.82, 2.24) is 20.9 Å². The first-order valence-corrected chi connectivity index (χ1v) is 8.39. The fraction of sp³-hybridized carbons (Fsp3) is 0.733. The average molecular weight is 394 g/mol. The largest absolute Gasteiger partial charge is 0.472 e. The van der Waals surface area contributed by atoms with Gasteiger partial charge in [-0.15, -0.1) is 0 Å². The molecular weight excluding hydrogens is 373 g/mol. The minimum Gasteiger partial charge on any atom is -0.472 e. The first-order chi connectivity index (χ1) is 12.7. The minimum absolute atomic E-state index is 0.114. The molecule has 0 unspecified atom stereocenters. The topological polar surface area (TPSA) is 127 Å². The maximum absolute atomic E-state index is 12.1. The molecule has 27 heavy (non-hydrogen) atoms. The van der Waals surface area contributed by atoms with Crippen LogP contribution in [0.2, 0.25) is 0 Å². The molecule has 0 saturated heterocycles. The third kappa shape index (κ3) is 6.70. The summed E-state index contributed by atoms with van der Waals surface area (Å²) in [5, 5.41) is 22.0. The average Bonchev–Trinajstić information content (AvgIpc) is 3.15. The summed E-state index contributed by atoms with van der Waals surface area (Å²) in [6.07, 6.45) is -7.09. The van der Waals surface area contributed by atoms with Crippen molar-refractivity contribution in [3.8, 4) is 5.88 Å². The molecule has 12 heteroatoms. The molecule has 1 aromatic rings. The summed E-state index contributed by atoms with van der Waals surface area (Å²) in [6, 6.07) is -0.749. The van der Waals surface area contributed by atoms with Gasteiger partial charge in [0.15, 0.2) is 0 Å². The molecule has 1 aliphatic carbocycles. The van der Waals surface area contributed by atoms with E-state index in [4.69, 9.17) is 4.74 Å². The van der Waals surface area contributed by atoms with Crippen LogP contribution in [0.15, 0.2) is 4.63 Å². The van der Waals surface area contributed by atoms with Crippen LogP contribution in [0.25, 0.3) is 0 Å². The number of aliphatic hydroxyl groups excluding tert-OH is 1. The zero-order valence-electron chi connectivity index (χ0n) is 14.6. The van der Waals surface area contributed by atoms with Gasteiger partial charge >= 0.3 is 6.18 Å². The molecule has 1 aliphatic rings. The maximum atomic E-state index is 12.1. The first kappa shape index (κ1) is 20.9. The predicted octanol–water partition coefficient (Wildman–Crippen LogP) is 0.471. The summed E-state index contributed by atoms with van der Waals surface area (Å²) in [4.78, 5) is 23.7. The van der Waals surface area contributed by atoms with Gasteiger partial charge in [0.05, 0.1) is 25.1 Å². The minimum atomic E-state index is -4.42. The Morgan fingerprint density at radius 1 is 1.33 bits per heavy atom. The monoisotopic (exact) mass is 394 g/mol. The predicted molar refractivity (Wildman–Crippen MR) is 83.5 cm³/mol. The van der Waals surface area contributed by atoms with Crippen LogP contribution in [0.1, 0.15) is 31.4 Å². The summed E-state index contributed by atoms with van der Waals surface area (Å²) in [5.74, 6) is -1.47. The Balaban J connectivity index is 1.69. The van der Waals surface area contributed by atoms with E-state index in [2.05, 4.69) is 25.6 Å². The Kier molecular flexibility index (Phi) is 6.99. The molecule has 2 amide bonds. The first-order valence-electron chi connectivity index (χ1n) is 8.39. The van der Waals surface area contributed by atoms with Crippen LogP contribution in [0.3, 0.4) is 0 Å². The lowest BCUT2D eigenvalue weighted by molar-refractivity contribution is -0.144. The van der Waals surface area contributed by atoms with Crippen molar-refractivity contribution in [3.63, 3.8) is 0 Å². The molecule has 152 valence electrons. The number of alkyl halides is 3. The molecule has 3 N–H and O–H groups in total. The lowest BCUT2D eigenvalue weighted by Gasteiger charge is -2.16. The van der Waals surface area contributed by atoms with Gasteiger partial charge in [-0.2, -0.15) is 13.2 Å². The van der Waals surface area contributed by atoms with Gasteiger partial charge in [0.2, 0.25) is 11.8 Å². The van der Waals surface area contributed by atoms with E-state index in [9.17, 15) is 27.9 Å². The smallest absolute Gasteiger partial charge is 0.389 e. The number of hydrogen-bond acceptors (Lipinski definition) is 7. The van der Waals surface area contributed by atoms with Gasteiger partial charge in [-0.3, -0.25) is 9.59 Å². The van der Waals surface area contributed by atoms with E-state index in [1.165, 1.54) is 0 Å². The zero-order valence-corrected chi connectivity index (χ0v) is 14.6. The number of ether oxygens (including phenoxy) is 1. The number of rotatable bonds is 8. The van der Waals surface area contributed by atoms with E-state index in [0.29, 0.717) is 5.69 Å². The Bertz CT molecular complexity index is 652. The summed E-state index contributed by atoms with van der Waals surface area (Å²) < 4.78 is 46.1. The molecule has 2 rings (SSSR count). The number of carbonyl (C=O) groups is 2. The summed E-state index contributed by atoms with van der Waals surface area (Å²) in [5.41, 5.74) is 0.476. The van der Waals surface area contributed by atoms with Crippen LogP contribution in [-0.4, -0.2) is 58.7 Å². The van der Waals surface area contributed by atoms with Crippen LogP contribution in [-0.2, 0) is 9.59 Å². The number of carbonyl (C=O) groups excluding carboxylic acids is 2. The second-order valence-corrected chi connectivity index (χ2v) is 6.32. The Morgan fingerprint density at radius 2 is 2.07 bits per heavy atom. The van der Waals surface area contributed by atoms with Gasteiger partial charge in [0.25, 0.3) is 5.88 Å². The van der Waals surface area contributed by atoms with Gasteiger partial charge < -0.3 is 20.5 Å². The fourth-order valence-electron chi connectivity index (χ4n) is 2.74. The zero-order chi connectivity index (χ0) is 20.0. The number of aromatic nitrogens is 2. The van der Waals surface area contributed by atoms with Crippen LogP contribution < -0.4 is 15.4 Å². The molecule has 0 aromatic carbocycles. The molecule has 1 aromatic heterocycles. The van der Waals surface area contributed by atoms with E-state index in [1.54, 1.807) is 6.92 Å². The van der Waals surface area contributed by atoms with Crippen LogP contribution in [0, 0.1) is 12.8 Å². The molecule has 0 spiro atoms. The van der Waals surface area contributed by atoms with Crippen molar-refractivity contribution in [2.75, 3.05) is 13.2 Å². The number of halogens is 3. The lowest BCUT2D eigenvalue weighted by Crippen LogP contribution is -2.40. The number of aryl methyl sites for hydroxylation is 1. The van der Waals surface area contributed by atoms with Crippen molar-refractivity contribution in [1.29, 1.82) is 0 Å². The molecule has 0 radical (unpaired) electrons. The SMILES string of the molecule is Cc1nonc1OCCNC(=O)[C@H]1C[C@H](NC(=O)CCC(F)(F)F)[C@@H](O)C1. The van der Waals surface area contributed by atoms with E-state index >= 15 is 0 Å². The van der Waals surface area contributed by atoms with Crippen molar-refractivity contribution in [2.45, 2.75) is 50.9 Å². The molecule has 3 atom stereocenters. The van der Waals surface area contributed by atoms with Crippen molar-refractivity contribution in [2.24, 2.45) is 5.92 Å². The van der Waals surface area contributed by atoms with Crippen molar-refractivity contribution < 1.29 is 37.2 Å². The number of aliphatic hydroxyl groups is 1. The second-order valence-electron chi connectivity index (χ2n) is 6.32. The van der Waals surface area contributed by atoms with Crippen molar-refractivity contribution in [3.05, 3.63) is 5.69 Å². The van der Waals surface area contributed by atoms with Gasteiger partial charge in [-0.05, 0) is 24.9 Å². The third-order valence-electron chi connectivity index (χ3n) is 4.13. The van der Waals surface area contributed by atoms with Gasteiger partial charge in [0.1, 0.15) is 12.3 Å². The summed E-state index contributed by atoms with van der Waals surface area (Å²) in [6.45, 7) is 1.96. The number of nitrogens with zero attached hydrogens (tertiary/aromatic N) is 2. The highest BCUT2D eigenvalue weighted by atomic mass is 19.4. The van der Waals surface area contributed by atoms with E-state index in [-0.39, 0.29) is 37.8 Å². The Hall–Kier alpha value is -2.37. The normalized spacial score (nSPS) is 22.5. The molecule has 1 saturated carbocycles. The van der Waals surface area contributed by atoms with Gasteiger partial charge in [-0.25, -0.2) is 4.63 Å². The molecular formula is C15H21F3N4O5. The second kappa shape index (κ2) is 9.02. The molecule has 0 bridgehead atoms. The maximum Gasteiger partial charge on any atom is 0.389 e. The van der Waals surface area contributed by atoms with E-state index < -0.39 is 43.0 Å². The highest BCUT2D eigenvalue weighted by Crippen LogP contribution is 2.27. The Morgan fingerprint density at radius 3 is 2.70 bits per heavy atom. The van der Waals surface area contributed by atoms with Gasteiger partial charge in [0, 0.05) is 12.3 Å². The number of hydrogen-bond donors (Lipinski definition) is 3. The molecule has 1 heterocycles. The molecule has 1 fully saturated rings. The van der Waals surface area contributed by atoms with Gasteiger partial charge in [-0.1, -0.05) is 5.16 Å². The highest BCUT2D eigenvalue weighted by Gasteiger charge is 2.38. The molecule has 0 aliphatic heterocycles. The molecule has 9 nitrogen and oxygen atoms in total. The number of amides is 2. The van der Waals surface area contributed by atoms with Crippen LogP contribution in [0.4, 0.5) is 13.2 Å². The Labute approximate surface area is 152 Å². The summed E-state index contributed by atoms with van der Waals surface area (Å²) in [7, 11) is 0. The highest BCUT2D eigenvalue weighted by molar-refractivity contribution is 5.80. The standard InChI is InChI=1S/C15H21F3N4O5/c1-8-14(22-27-21-8)26-5-4-19-13(25)9-6-10(11(23)7-9)20-12(24)2-3-15(16,17)18/h9-11,23H,2-7H2,1H3,(H,19,25)(H,20,24)/t9-,10-,11-/m0/s1. The summed E-state index contributed by atoms with van der Waals surface area (Å²) >= 11 is 0. The quantitative estimate of drug-likeness (QED) is 0.547. The fourth-order valence-corrected chi connectivity index (χ4v) is 2.74. The van der Waals surface area contributed by atoms with Crippen LogP contribution in [0.5, 0.6) is 5.88 Å². The van der Waals surface area contributed by atoms with Crippen molar-refractivity contribution >= 4 is 11.8 Å². The number of nitrogens with one attached hydrogen (secondary N) is 2. The van der Waals surface area contributed by atoms with Crippen LogP contribution >= 0.6 is 0 Å².